The van der Waals surface area contributed by atoms with Crippen molar-refractivity contribution in [3.8, 4) is 172 Å². The molecule has 4 atom stereocenters. The van der Waals surface area contributed by atoms with Crippen LogP contribution in [-0.4, -0.2) is 154 Å². The molecule has 5 heterocycles. The van der Waals surface area contributed by atoms with Gasteiger partial charge in [-0.15, -0.1) is 0 Å². The number of fused-ring (bicyclic) bond motifs is 5. The first-order chi connectivity index (χ1) is 65.7. The topological polar surface area (TPSA) is 608 Å². The zero-order valence-corrected chi connectivity index (χ0v) is 72.2. The molecule has 0 radical (unpaired) electrons. The fourth-order valence-corrected chi connectivity index (χ4v) is 14.4. The number of hydrogen-bond acceptors (Lipinski definition) is 33. The number of aliphatic hydroxyl groups is 1. The highest BCUT2D eigenvalue weighted by molar-refractivity contribution is 6.29. The molecular formula is C105H86O33. The summed E-state index contributed by atoms with van der Waals surface area (Å²) in [7, 11) is 0. The third kappa shape index (κ3) is 22.6. The molecule has 0 bridgehead atoms. The SMILES string of the molecule is C=C(C(=O)c1cc(O)c(O)cc1O)c1ccc(O)cc1.CC(C(=O)c1cc(O)c(O)cc1O)c1ccc(O)cc1.O=c1c(-c2ccc(O)cc2)coc2cc(O)c(O)cc12.O=c1c(-c2ccc(O)cc2)coc2cc(O)c(O)cc12.Oc1ccc(C2=Cc3cc(O)c(O)cc3OC2)cc1.Oc1ccc(C2COc3cc(O)c(O)cc3C2)cc1.Oc1ccc(C2COc3cc(O)c(O)cc3C2O)cc1. The summed E-state index contributed by atoms with van der Waals surface area (Å²) in [5.41, 5.74) is 8.32. The summed E-state index contributed by atoms with van der Waals surface area (Å²) in [6.45, 7) is 6.43. The molecule has 0 aliphatic carbocycles. The number of hydrogen-bond donors (Lipinski definition) is 24. The fourth-order valence-electron chi connectivity index (χ4n) is 14.4. The van der Waals surface area contributed by atoms with Crippen molar-refractivity contribution >= 4 is 50.7 Å². The molecule has 19 rings (SSSR count). The van der Waals surface area contributed by atoms with E-state index >= 15 is 0 Å². The van der Waals surface area contributed by atoms with Gasteiger partial charge in [0.05, 0.1) is 52.3 Å². The maximum absolute atomic E-state index is 12.4. The summed E-state index contributed by atoms with van der Waals surface area (Å²) in [4.78, 5) is 49.2. The summed E-state index contributed by atoms with van der Waals surface area (Å²) in [6, 6.07) is 61.6. The van der Waals surface area contributed by atoms with Gasteiger partial charge in [0.2, 0.25) is 10.9 Å². The monoisotopic (exact) mass is 1870 g/mol. The predicted molar refractivity (Wildman–Crippen MR) is 503 cm³/mol. The number of aromatic hydroxyl groups is 23. The van der Waals surface area contributed by atoms with Crippen molar-refractivity contribution in [1.82, 2.24) is 0 Å². The summed E-state index contributed by atoms with van der Waals surface area (Å²) < 4.78 is 27.3. The van der Waals surface area contributed by atoms with Crippen LogP contribution in [0.1, 0.15) is 96.0 Å². The van der Waals surface area contributed by atoms with Crippen LogP contribution in [0.15, 0.2) is 292 Å². The molecule has 138 heavy (non-hydrogen) atoms. The lowest BCUT2D eigenvalue weighted by Gasteiger charge is -2.30. The Bertz CT molecular complexity index is 7230. The number of carbonyl (C=O) groups excluding carboxylic acids is 2. The molecule has 24 N–H and O–H groups in total. The van der Waals surface area contributed by atoms with Gasteiger partial charge in [-0.3, -0.25) is 19.2 Å². The number of phenols is 23. The normalized spacial score (nSPS) is 13.7. The minimum Gasteiger partial charge on any atom is -0.508 e. The van der Waals surface area contributed by atoms with Crippen LogP contribution in [0.2, 0.25) is 0 Å². The lowest BCUT2D eigenvalue weighted by atomic mass is 9.87. The Morgan fingerprint density at radius 3 is 1.22 bits per heavy atom. The van der Waals surface area contributed by atoms with E-state index in [9.17, 15) is 142 Å². The van der Waals surface area contributed by atoms with E-state index in [2.05, 4.69) is 6.58 Å². The lowest BCUT2D eigenvalue weighted by molar-refractivity contribution is 0.0882. The number of carbonyl (C=O) groups is 2. The Morgan fingerprint density at radius 1 is 0.355 bits per heavy atom. The summed E-state index contributed by atoms with van der Waals surface area (Å²) in [6.07, 6.45) is 4.34. The maximum Gasteiger partial charge on any atom is 0.200 e. The molecule has 0 fully saturated rings. The first kappa shape index (κ1) is 96.6. The molecule has 33 heteroatoms. The van der Waals surface area contributed by atoms with Crippen LogP contribution in [0.25, 0.3) is 61.4 Å². The molecule has 0 saturated heterocycles. The summed E-state index contributed by atoms with van der Waals surface area (Å²) >= 11 is 0. The van der Waals surface area contributed by atoms with Gasteiger partial charge in [-0.1, -0.05) is 98.4 Å². The average Bonchev–Trinajstić information content (AvgIpc) is 0.785. The molecule has 0 saturated carbocycles. The molecule has 3 aliphatic heterocycles. The van der Waals surface area contributed by atoms with Gasteiger partial charge in [0.25, 0.3) is 0 Å². The molecule has 3 aliphatic rings. The summed E-state index contributed by atoms with van der Waals surface area (Å²) in [5.74, 6) is -4.74. The highest BCUT2D eigenvalue weighted by atomic mass is 16.5. The predicted octanol–water partition coefficient (Wildman–Crippen LogP) is 17.3. The third-order valence-electron chi connectivity index (χ3n) is 22.1. The molecule has 4 unspecified atom stereocenters. The Morgan fingerprint density at radius 2 is 0.725 bits per heavy atom. The smallest absolute Gasteiger partial charge is 0.200 e. The van der Waals surface area contributed by atoms with Gasteiger partial charge in [0.15, 0.2) is 92.1 Å². The van der Waals surface area contributed by atoms with Gasteiger partial charge in [-0.05, 0) is 190 Å². The standard InChI is InChI=1S/C15H14O5.2C15H10O5.C15H14O5.C15H12O5.C15H14O4.C15H12O4/c3*16-9-3-1-8(2-4-9)11-7-20-14-6-13(18)12(17)5-10(14)15(11)19;2*1-8(9-2-4-10(16)5-3-9)15(20)11-6-13(18)14(19)7-12(11)17;2*16-12-3-1-9(2-4-12)11-5-10-6-13(17)14(18)7-15(10)19-8-11/h1-6,11,15-19H,7H2;2*1-7,16-18H;2-8,16-19H,1H3;2-7,16-19H,1H2;1-4,6-7,11,16-18H,5,8H2;1-7,16-18H,8H2. The van der Waals surface area contributed by atoms with Crippen LogP contribution in [-0.2, 0) is 6.42 Å². The van der Waals surface area contributed by atoms with Crippen LogP contribution in [0.4, 0.5) is 0 Å². The van der Waals surface area contributed by atoms with Gasteiger partial charge in [0.1, 0.15) is 99.3 Å². The van der Waals surface area contributed by atoms with E-state index in [1.165, 1.54) is 134 Å². The molecule has 33 nitrogen and oxygen atoms in total. The van der Waals surface area contributed by atoms with Gasteiger partial charge in [0, 0.05) is 76.9 Å². The molecule has 704 valence electrons. The Kier molecular flexibility index (Phi) is 29.2. The largest absolute Gasteiger partial charge is 0.508 e. The quantitative estimate of drug-likeness (QED) is 0.0247. The number of rotatable bonds is 11. The van der Waals surface area contributed by atoms with Gasteiger partial charge in [-0.25, -0.2) is 0 Å². The van der Waals surface area contributed by atoms with Crippen LogP contribution >= 0.6 is 0 Å². The molecule has 0 spiro atoms. The highest BCUT2D eigenvalue weighted by Crippen LogP contribution is 2.47. The molecule has 0 amide bonds. The number of benzene rings is 14. The maximum atomic E-state index is 12.4. The summed E-state index contributed by atoms with van der Waals surface area (Å²) in [5, 5.41) is 227. The van der Waals surface area contributed by atoms with Crippen molar-refractivity contribution in [3.05, 3.63) is 350 Å². The van der Waals surface area contributed by atoms with Crippen molar-refractivity contribution in [2.24, 2.45) is 0 Å². The number of Topliss-reactive ketones (excluding diaryl/α,β-unsaturated/α-hetero) is 2. The number of ether oxygens (including phenoxy) is 3. The number of ketones is 2. The second-order valence-corrected chi connectivity index (χ2v) is 31.4. The number of phenolic OH excluding ortho intramolecular Hbond substituents is 23. The molecule has 14 aromatic carbocycles. The van der Waals surface area contributed by atoms with Crippen LogP contribution < -0.4 is 25.1 Å². The molecular weight excluding hydrogens is 1790 g/mol. The van der Waals surface area contributed by atoms with E-state index in [1.54, 1.807) is 104 Å². The van der Waals surface area contributed by atoms with E-state index in [-0.39, 0.29) is 166 Å². The van der Waals surface area contributed by atoms with Crippen LogP contribution in [0.3, 0.4) is 0 Å². The van der Waals surface area contributed by atoms with Crippen molar-refractivity contribution in [3.63, 3.8) is 0 Å². The van der Waals surface area contributed by atoms with Crippen molar-refractivity contribution in [2.45, 2.75) is 37.2 Å². The molecule has 16 aromatic rings. The third-order valence-corrected chi connectivity index (χ3v) is 22.1. The van der Waals surface area contributed by atoms with Crippen molar-refractivity contribution in [1.29, 1.82) is 0 Å². The Hall–Kier alpha value is -18.9. The van der Waals surface area contributed by atoms with Gasteiger partial charge < -0.3 is 146 Å². The number of allylic oxidation sites excluding steroid dienone is 1. The van der Waals surface area contributed by atoms with E-state index in [1.807, 2.05) is 18.2 Å². The minimum atomic E-state index is -0.852. The lowest BCUT2D eigenvalue weighted by Crippen LogP contribution is -2.24. The second kappa shape index (κ2) is 41.7. The van der Waals surface area contributed by atoms with Gasteiger partial charge in [-0.2, -0.15) is 0 Å². The average molecular weight is 1880 g/mol. The Balaban J connectivity index is 0.000000136. The zero-order chi connectivity index (χ0) is 99.4. The van der Waals surface area contributed by atoms with E-state index in [0.29, 0.717) is 75.0 Å². The number of aliphatic hydroxyl groups excluding tert-OH is 1. The van der Waals surface area contributed by atoms with Crippen molar-refractivity contribution in [2.75, 3.05) is 19.8 Å². The van der Waals surface area contributed by atoms with E-state index < -0.39 is 58.1 Å². The van der Waals surface area contributed by atoms with E-state index in [4.69, 9.17) is 23.0 Å². The van der Waals surface area contributed by atoms with Crippen LogP contribution in [0, 0.1) is 0 Å². The Labute approximate surface area is 780 Å². The zero-order valence-electron chi connectivity index (χ0n) is 72.2. The fraction of sp³-hybridized carbons (Fsp3) is 0.0857. The highest BCUT2D eigenvalue weighted by Gasteiger charge is 2.33. The van der Waals surface area contributed by atoms with Gasteiger partial charge >= 0.3 is 0 Å². The first-order valence-corrected chi connectivity index (χ1v) is 41.5. The second-order valence-electron chi connectivity index (χ2n) is 31.4. The van der Waals surface area contributed by atoms with Crippen LogP contribution in [0.5, 0.6) is 149 Å². The molecule has 2 aromatic heterocycles. The van der Waals surface area contributed by atoms with E-state index in [0.717, 1.165) is 58.5 Å². The first-order valence-electron chi connectivity index (χ1n) is 41.5. The minimum absolute atomic E-state index is 0.0547. The van der Waals surface area contributed by atoms with Crippen molar-refractivity contribution < 1.29 is 155 Å².